The van der Waals surface area contributed by atoms with Crippen molar-refractivity contribution in [3.63, 3.8) is 0 Å². The molecule has 35 heavy (non-hydrogen) atoms. The van der Waals surface area contributed by atoms with Crippen molar-refractivity contribution in [1.82, 2.24) is 24.6 Å². The molecule has 0 spiro atoms. The van der Waals surface area contributed by atoms with Crippen molar-refractivity contribution in [3.8, 4) is 11.5 Å². The molecule has 9 nitrogen and oxygen atoms in total. The largest absolute Gasteiger partial charge is 0.449 e. The Labute approximate surface area is 202 Å². The number of ether oxygens (including phenoxy) is 1. The van der Waals surface area contributed by atoms with Crippen molar-refractivity contribution in [2.75, 3.05) is 18.5 Å². The molecule has 0 saturated carbocycles. The number of aromatic nitrogens is 4. The number of aryl methyl sites for hydroxylation is 1. The molecular weight excluding hydrogens is 451 g/mol. The van der Waals surface area contributed by atoms with Gasteiger partial charge in [-0.3, -0.25) is 4.79 Å². The van der Waals surface area contributed by atoms with Gasteiger partial charge in [-0.2, -0.15) is 0 Å². The molecule has 4 heterocycles. The summed E-state index contributed by atoms with van der Waals surface area (Å²) in [5, 5.41) is 11.2. The lowest BCUT2D eigenvalue weighted by Gasteiger charge is -2.28. The van der Waals surface area contributed by atoms with Crippen LogP contribution in [0.15, 0.2) is 30.3 Å². The van der Waals surface area contributed by atoms with Gasteiger partial charge >= 0.3 is 6.09 Å². The number of rotatable bonds is 5. The van der Waals surface area contributed by atoms with Crippen LogP contribution in [0.3, 0.4) is 0 Å². The number of halogens is 1. The SMILES string of the molecule is CCCOC(=O)N1CCc2cc(F)c(C(=O)Nc3cccc(-c4nnc5n4CCCC5)n3)cc2C1. The van der Waals surface area contributed by atoms with Crippen LogP contribution in [0.1, 0.15) is 53.5 Å². The first-order chi connectivity index (χ1) is 17.0. The summed E-state index contributed by atoms with van der Waals surface area (Å²) in [6.07, 6.45) is 3.87. The number of hydrogen-bond acceptors (Lipinski definition) is 6. The van der Waals surface area contributed by atoms with Gasteiger partial charge < -0.3 is 19.5 Å². The molecule has 2 amide bonds. The quantitative estimate of drug-likeness (QED) is 0.595. The normalized spacial score (nSPS) is 14.7. The van der Waals surface area contributed by atoms with E-state index in [1.54, 1.807) is 17.0 Å². The fourth-order valence-electron chi connectivity index (χ4n) is 4.50. The van der Waals surface area contributed by atoms with E-state index in [1.165, 1.54) is 12.1 Å². The summed E-state index contributed by atoms with van der Waals surface area (Å²) in [5.74, 6) is 0.675. The Kier molecular flexibility index (Phi) is 6.43. The highest BCUT2D eigenvalue weighted by molar-refractivity contribution is 6.04. The van der Waals surface area contributed by atoms with Crippen molar-refractivity contribution in [2.24, 2.45) is 0 Å². The summed E-state index contributed by atoms with van der Waals surface area (Å²) < 4.78 is 22.1. The van der Waals surface area contributed by atoms with Crippen LogP contribution in [0, 0.1) is 5.82 Å². The smallest absolute Gasteiger partial charge is 0.410 e. The maximum Gasteiger partial charge on any atom is 0.410 e. The summed E-state index contributed by atoms with van der Waals surface area (Å²) in [6, 6.07) is 8.12. The molecule has 0 radical (unpaired) electrons. The summed E-state index contributed by atoms with van der Waals surface area (Å²) in [7, 11) is 0. The third-order valence-electron chi connectivity index (χ3n) is 6.31. The number of benzene rings is 1. The fourth-order valence-corrected chi connectivity index (χ4v) is 4.50. The zero-order valence-electron chi connectivity index (χ0n) is 19.6. The van der Waals surface area contributed by atoms with Gasteiger partial charge in [-0.15, -0.1) is 10.2 Å². The maximum atomic E-state index is 14.8. The van der Waals surface area contributed by atoms with Crippen LogP contribution in [0.25, 0.3) is 11.5 Å². The first-order valence-corrected chi connectivity index (χ1v) is 12.0. The minimum absolute atomic E-state index is 0.0976. The van der Waals surface area contributed by atoms with E-state index in [1.807, 2.05) is 13.0 Å². The molecule has 182 valence electrons. The van der Waals surface area contributed by atoms with E-state index in [0.29, 0.717) is 36.9 Å². The topological polar surface area (TPSA) is 102 Å². The van der Waals surface area contributed by atoms with E-state index in [0.717, 1.165) is 49.2 Å². The van der Waals surface area contributed by atoms with Crippen LogP contribution in [-0.2, 0) is 30.7 Å². The molecule has 2 aromatic heterocycles. The monoisotopic (exact) mass is 478 g/mol. The molecule has 0 unspecified atom stereocenters. The lowest BCUT2D eigenvalue weighted by Crippen LogP contribution is -2.36. The van der Waals surface area contributed by atoms with E-state index in [4.69, 9.17) is 4.74 Å². The summed E-state index contributed by atoms with van der Waals surface area (Å²) in [4.78, 5) is 31.3. The molecule has 10 heteroatoms. The molecule has 0 atom stereocenters. The number of nitrogens with zero attached hydrogens (tertiary/aromatic N) is 5. The molecule has 5 rings (SSSR count). The maximum absolute atomic E-state index is 14.8. The Bertz CT molecular complexity index is 1270. The third-order valence-corrected chi connectivity index (χ3v) is 6.31. The molecule has 0 saturated heterocycles. The van der Waals surface area contributed by atoms with E-state index in [-0.39, 0.29) is 12.1 Å². The summed E-state index contributed by atoms with van der Waals surface area (Å²) in [5.41, 5.74) is 2.01. The second-order valence-electron chi connectivity index (χ2n) is 8.80. The molecule has 0 bridgehead atoms. The second-order valence-corrected chi connectivity index (χ2v) is 8.80. The molecule has 3 aromatic rings. The Morgan fingerprint density at radius 2 is 2.00 bits per heavy atom. The van der Waals surface area contributed by atoms with Gasteiger partial charge in [0.1, 0.15) is 23.2 Å². The molecule has 2 aliphatic heterocycles. The molecule has 2 aliphatic rings. The highest BCUT2D eigenvalue weighted by atomic mass is 19.1. The van der Waals surface area contributed by atoms with Gasteiger partial charge in [0.2, 0.25) is 0 Å². The van der Waals surface area contributed by atoms with E-state index in [2.05, 4.69) is 25.1 Å². The Morgan fingerprint density at radius 1 is 1.11 bits per heavy atom. The van der Waals surface area contributed by atoms with Crippen LogP contribution in [0.5, 0.6) is 0 Å². The van der Waals surface area contributed by atoms with Crippen molar-refractivity contribution in [3.05, 3.63) is 58.7 Å². The molecule has 0 aliphatic carbocycles. The zero-order valence-corrected chi connectivity index (χ0v) is 19.6. The summed E-state index contributed by atoms with van der Waals surface area (Å²) >= 11 is 0. The van der Waals surface area contributed by atoms with Crippen molar-refractivity contribution >= 4 is 17.8 Å². The number of carbonyl (C=O) groups is 2. The Hall–Kier alpha value is -3.82. The zero-order chi connectivity index (χ0) is 24.4. The number of pyridine rings is 1. The lowest BCUT2D eigenvalue weighted by atomic mass is 9.97. The van der Waals surface area contributed by atoms with Gasteiger partial charge in [-0.1, -0.05) is 13.0 Å². The Morgan fingerprint density at radius 3 is 2.86 bits per heavy atom. The number of amides is 2. The van der Waals surface area contributed by atoms with Gasteiger partial charge in [0.25, 0.3) is 5.91 Å². The van der Waals surface area contributed by atoms with Crippen molar-refractivity contribution in [1.29, 1.82) is 0 Å². The van der Waals surface area contributed by atoms with Crippen LogP contribution < -0.4 is 5.32 Å². The number of carbonyl (C=O) groups excluding carboxylic acids is 2. The van der Waals surface area contributed by atoms with Gasteiger partial charge in [-0.25, -0.2) is 14.2 Å². The minimum Gasteiger partial charge on any atom is -0.449 e. The standard InChI is InChI=1S/C25H27FN6O3/c1-2-12-35-25(34)31-11-9-16-14-19(26)18(13-17(16)15-31)24(33)28-21-7-5-6-20(27-21)23-30-29-22-8-3-4-10-32(22)23/h5-7,13-14H,2-4,8-12,15H2,1H3,(H,27,28,33). The number of hydrogen-bond donors (Lipinski definition) is 1. The van der Waals surface area contributed by atoms with Crippen molar-refractivity contribution < 1.29 is 18.7 Å². The average Bonchev–Trinajstić information content (AvgIpc) is 3.31. The molecular formula is C25H27FN6O3. The van der Waals surface area contributed by atoms with Gasteiger partial charge in [-0.05, 0) is 61.1 Å². The number of fused-ring (bicyclic) bond motifs is 2. The van der Waals surface area contributed by atoms with Crippen LogP contribution in [0.2, 0.25) is 0 Å². The van der Waals surface area contributed by atoms with E-state index in [9.17, 15) is 14.0 Å². The predicted octanol–water partition coefficient (Wildman–Crippen LogP) is 3.97. The van der Waals surface area contributed by atoms with Gasteiger partial charge in [0.15, 0.2) is 5.82 Å². The molecule has 1 aromatic carbocycles. The van der Waals surface area contributed by atoms with Crippen molar-refractivity contribution in [2.45, 2.75) is 52.1 Å². The molecule has 1 N–H and O–H groups in total. The minimum atomic E-state index is -0.607. The lowest BCUT2D eigenvalue weighted by molar-refractivity contribution is 0.0978. The third kappa shape index (κ3) is 4.73. The number of nitrogens with one attached hydrogen (secondary N) is 1. The van der Waals surface area contributed by atoms with Crippen LogP contribution in [-0.4, -0.2) is 49.8 Å². The van der Waals surface area contributed by atoms with Gasteiger partial charge in [0.05, 0.1) is 12.2 Å². The van der Waals surface area contributed by atoms with Crippen LogP contribution in [0.4, 0.5) is 15.0 Å². The first kappa shape index (κ1) is 22.9. The summed E-state index contributed by atoms with van der Waals surface area (Å²) in [6.45, 7) is 3.83. The average molecular weight is 479 g/mol. The second kappa shape index (κ2) is 9.81. The van der Waals surface area contributed by atoms with E-state index < -0.39 is 17.8 Å². The fraction of sp³-hybridized carbons (Fsp3) is 0.400. The van der Waals surface area contributed by atoms with Gasteiger partial charge in [0, 0.05) is 26.1 Å². The molecule has 0 fully saturated rings. The number of anilines is 1. The predicted molar refractivity (Wildman–Crippen MR) is 126 cm³/mol. The Balaban J connectivity index is 1.34. The first-order valence-electron chi connectivity index (χ1n) is 12.0. The van der Waals surface area contributed by atoms with E-state index >= 15 is 0 Å². The van der Waals surface area contributed by atoms with Crippen LogP contribution >= 0.6 is 0 Å². The highest BCUT2D eigenvalue weighted by Gasteiger charge is 2.25. The highest BCUT2D eigenvalue weighted by Crippen LogP contribution is 2.25.